The molecule has 1 aromatic rings. The molecule has 0 aromatic carbocycles. The molecule has 2 aliphatic heterocycles. The van der Waals surface area contributed by atoms with Gasteiger partial charge < -0.3 is 4.74 Å². The predicted molar refractivity (Wildman–Crippen MR) is 84.6 cm³/mol. The van der Waals surface area contributed by atoms with Crippen LogP contribution in [0.1, 0.15) is 36.7 Å². The van der Waals surface area contributed by atoms with Crippen LogP contribution in [0.4, 0.5) is 0 Å². The molecule has 0 aliphatic carbocycles. The molecule has 3 rings (SSSR count). The molecule has 0 radical (unpaired) electrons. The second-order valence-corrected chi connectivity index (χ2v) is 6.48. The first-order valence-electron chi connectivity index (χ1n) is 8.23. The second-order valence-electron chi connectivity index (χ2n) is 6.48. The van der Waals surface area contributed by atoms with Gasteiger partial charge in [-0.1, -0.05) is 19.9 Å². The van der Waals surface area contributed by atoms with Gasteiger partial charge in [-0.25, -0.2) is 0 Å². The summed E-state index contributed by atoms with van der Waals surface area (Å²) in [5.74, 6) is 0.523. The van der Waals surface area contributed by atoms with Crippen molar-refractivity contribution in [1.82, 2.24) is 14.8 Å². The van der Waals surface area contributed by atoms with Crippen LogP contribution in [0.15, 0.2) is 12.1 Å². The van der Waals surface area contributed by atoms with Crippen LogP contribution in [-0.2, 0) is 17.7 Å². The van der Waals surface area contributed by atoms with E-state index in [4.69, 9.17) is 9.72 Å². The van der Waals surface area contributed by atoms with Crippen molar-refractivity contribution in [3.63, 3.8) is 0 Å². The number of nitrogens with zero attached hydrogens (tertiary/aromatic N) is 3. The van der Waals surface area contributed by atoms with Gasteiger partial charge in [0.2, 0.25) is 0 Å². The molecule has 0 spiro atoms. The molecule has 0 bridgehead atoms. The van der Waals surface area contributed by atoms with Crippen LogP contribution < -0.4 is 0 Å². The fraction of sp³-hybridized carbons (Fsp3) is 0.706. The van der Waals surface area contributed by atoms with Gasteiger partial charge in [0, 0.05) is 57.1 Å². The lowest BCUT2D eigenvalue weighted by Crippen LogP contribution is -2.42. The van der Waals surface area contributed by atoms with Gasteiger partial charge in [-0.05, 0) is 17.5 Å². The Morgan fingerprint density at radius 2 is 1.86 bits per heavy atom. The molecule has 0 N–H and O–H groups in total. The van der Waals surface area contributed by atoms with Crippen molar-refractivity contribution in [3.8, 4) is 0 Å². The molecule has 0 amide bonds. The van der Waals surface area contributed by atoms with Gasteiger partial charge in [-0.15, -0.1) is 0 Å². The van der Waals surface area contributed by atoms with Crippen molar-refractivity contribution in [2.75, 3.05) is 45.9 Å². The van der Waals surface area contributed by atoms with Crippen LogP contribution in [-0.4, -0.2) is 60.7 Å². The van der Waals surface area contributed by atoms with Crippen LogP contribution in [0.25, 0.3) is 0 Å². The van der Waals surface area contributed by atoms with Gasteiger partial charge in [-0.2, -0.15) is 0 Å². The number of ether oxygens (including phenoxy) is 1. The van der Waals surface area contributed by atoms with E-state index in [9.17, 15) is 0 Å². The summed E-state index contributed by atoms with van der Waals surface area (Å²) in [6.45, 7) is 12.9. The van der Waals surface area contributed by atoms with Crippen LogP contribution in [0, 0.1) is 0 Å². The maximum atomic E-state index is 5.40. The van der Waals surface area contributed by atoms with E-state index < -0.39 is 0 Å². The number of fused-ring (bicyclic) bond motifs is 1. The molecule has 2 aliphatic rings. The Labute approximate surface area is 128 Å². The summed E-state index contributed by atoms with van der Waals surface area (Å²) in [6.07, 6.45) is 1.10. The predicted octanol–water partition coefficient (Wildman–Crippen LogP) is 1.90. The van der Waals surface area contributed by atoms with Gasteiger partial charge in [0.25, 0.3) is 0 Å². The Morgan fingerprint density at radius 3 is 2.62 bits per heavy atom. The van der Waals surface area contributed by atoms with Crippen LogP contribution >= 0.6 is 0 Å². The SMILES string of the molecule is CC(C)c1ccc2c(n1)CCN(CCN1CCOCC1)C2. The third kappa shape index (κ3) is 3.82. The molecular weight excluding hydrogens is 262 g/mol. The highest BCUT2D eigenvalue weighted by atomic mass is 16.5. The van der Waals surface area contributed by atoms with E-state index in [1.165, 1.54) is 17.0 Å². The fourth-order valence-corrected chi connectivity index (χ4v) is 3.11. The van der Waals surface area contributed by atoms with Crippen molar-refractivity contribution in [2.24, 2.45) is 0 Å². The van der Waals surface area contributed by atoms with E-state index in [0.29, 0.717) is 5.92 Å². The number of pyridine rings is 1. The number of rotatable bonds is 4. The first-order chi connectivity index (χ1) is 10.2. The molecule has 3 heterocycles. The fourth-order valence-electron chi connectivity index (χ4n) is 3.11. The van der Waals surface area contributed by atoms with E-state index in [-0.39, 0.29) is 0 Å². The Morgan fingerprint density at radius 1 is 1.10 bits per heavy atom. The lowest BCUT2D eigenvalue weighted by atomic mass is 10.0. The summed E-state index contributed by atoms with van der Waals surface area (Å²) in [7, 11) is 0. The summed E-state index contributed by atoms with van der Waals surface area (Å²) in [5, 5.41) is 0. The highest BCUT2D eigenvalue weighted by Crippen LogP contribution is 2.20. The van der Waals surface area contributed by atoms with E-state index >= 15 is 0 Å². The van der Waals surface area contributed by atoms with E-state index in [1.807, 2.05) is 0 Å². The first-order valence-corrected chi connectivity index (χ1v) is 8.23. The largest absolute Gasteiger partial charge is 0.379 e. The minimum atomic E-state index is 0.523. The average Bonchev–Trinajstić information content (AvgIpc) is 2.53. The Hall–Kier alpha value is -0.970. The maximum absolute atomic E-state index is 5.40. The van der Waals surface area contributed by atoms with Crippen molar-refractivity contribution >= 4 is 0 Å². The van der Waals surface area contributed by atoms with Crippen LogP contribution in [0.2, 0.25) is 0 Å². The molecule has 21 heavy (non-hydrogen) atoms. The lowest BCUT2D eigenvalue weighted by molar-refractivity contribution is 0.0326. The van der Waals surface area contributed by atoms with Crippen molar-refractivity contribution < 1.29 is 4.74 Å². The van der Waals surface area contributed by atoms with E-state index in [2.05, 4.69) is 35.8 Å². The van der Waals surface area contributed by atoms with Gasteiger partial charge in [-0.3, -0.25) is 14.8 Å². The van der Waals surface area contributed by atoms with Crippen LogP contribution in [0.5, 0.6) is 0 Å². The molecule has 1 fully saturated rings. The van der Waals surface area contributed by atoms with Crippen molar-refractivity contribution in [1.29, 1.82) is 0 Å². The molecule has 4 heteroatoms. The maximum Gasteiger partial charge on any atom is 0.0594 e. The number of hydrogen-bond donors (Lipinski definition) is 0. The molecule has 0 atom stereocenters. The molecule has 1 saturated heterocycles. The minimum Gasteiger partial charge on any atom is -0.379 e. The molecule has 0 unspecified atom stereocenters. The standard InChI is InChI=1S/C17H27N3O/c1-14(2)16-4-3-15-13-20(6-5-17(15)18-16)8-7-19-9-11-21-12-10-19/h3-4,14H,5-13H2,1-2H3. The number of morpholine rings is 1. The highest BCUT2D eigenvalue weighted by Gasteiger charge is 2.19. The van der Waals surface area contributed by atoms with Gasteiger partial charge in [0.1, 0.15) is 0 Å². The zero-order chi connectivity index (χ0) is 14.7. The first kappa shape index (κ1) is 14.9. The van der Waals surface area contributed by atoms with E-state index in [1.54, 1.807) is 0 Å². The summed E-state index contributed by atoms with van der Waals surface area (Å²) in [6, 6.07) is 4.49. The van der Waals surface area contributed by atoms with Gasteiger partial charge in [0.05, 0.1) is 13.2 Å². The molecule has 1 aromatic heterocycles. The Bertz CT molecular complexity index is 469. The van der Waals surface area contributed by atoms with Gasteiger partial charge in [0.15, 0.2) is 0 Å². The summed E-state index contributed by atoms with van der Waals surface area (Å²) >= 11 is 0. The normalized spacial score (nSPS) is 20.7. The minimum absolute atomic E-state index is 0.523. The average molecular weight is 289 g/mol. The molecule has 4 nitrogen and oxygen atoms in total. The zero-order valence-corrected chi connectivity index (χ0v) is 13.3. The lowest BCUT2D eigenvalue weighted by Gasteiger charge is -2.32. The highest BCUT2D eigenvalue weighted by molar-refractivity contribution is 5.26. The molecular formula is C17H27N3O. The monoisotopic (exact) mass is 289 g/mol. The third-order valence-electron chi connectivity index (χ3n) is 4.58. The smallest absolute Gasteiger partial charge is 0.0594 e. The van der Waals surface area contributed by atoms with E-state index in [0.717, 1.165) is 58.9 Å². The molecule has 116 valence electrons. The van der Waals surface area contributed by atoms with Crippen molar-refractivity contribution in [2.45, 2.75) is 32.7 Å². The third-order valence-corrected chi connectivity index (χ3v) is 4.58. The Balaban J connectivity index is 1.54. The van der Waals surface area contributed by atoms with Gasteiger partial charge >= 0.3 is 0 Å². The Kier molecular flexibility index (Phi) is 4.88. The number of hydrogen-bond acceptors (Lipinski definition) is 4. The summed E-state index contributed by atoms with van der Waals surface area (Å²) in [5.41, 5.74) is 3.98. The molecule has 0 saturated carbocycles. The quantitative estimate of drug-likeness (QED) is 0.846. The number of aromatic nitrogens is 1. The van der Waals surface area contributed by atoms with Crippen LogP contribution in [0.3, 0.4) is 0 Å². The summed E-state index contributed by atoms with van der Waals surface area (Å²) < 4.78 is 5.40. The van der Waals surface area contributed by atoms with Crippen molar-refractivity contribution in [3.05, 3.63) is 29.1 Å². The topological polar surface area (TPSA) is 28.6 Å². The summed E-state index contributed by atoms with van der Waals surface area (Å²) in [4.78, 5) is 9.92. The second kappa shape index (κ2) is 6.86. The zero-order valence-electron chi connectivity index (χ0n) is 13.3.